The summed E-state index contributed by atoms with van der Waals surface area (Å²) in [7, 11) is -0.578. The lowest BCUT2D eigenvalue weighted by atomic mass is 9.92. The molecule has 1 aromatic heterocycles. The van der Waals surface area contributed by atoms with E-state index in [0.717, 1.165) is 0 Å². The van der Waals surface area contributed by atoms with E-state index in [1.807, 2.05) is 0 Å². The summed E-state index contributed by atoms with van der Waals surface area (Å²) in [6.45, 7) is 3.30. The molecule has 1 aromatic carbocycles. The van der Waals surface area contributed by atoms with E-state index in [1.54, 1.807) is 13.8 Å². The number of H-pyrrole nitrogens is 1. The van der Waals surface area contributed by atoms with E-state index in [0.29, 0.717) is 22.4 Å². The van der Waals surface area contributed by atoms with Crippen LogP contribution in [0.3, 0.4) is 0 Å². The zero-order valence-corrected chi connectivity index (χ0v) is 15.7. The van der Waals surface area contributed by atoms with Gasteiger partial charge in [-0.15, -0.1) is 0 Å². The molecule has 1 aliphatic rings. The van der Waals surface area contributed by atoms with Gasteiger partial charge < -0.3 is 5.10 Å². The Bertz CT molecular complexity index is 1110. The van der Waals surface area contributed by atoms with Gasteiger partial charge in [-0.1, -0.05) is 0 Å². The number of hydrogen-bond acceptors (Lipinski definition) is 6. The first-order chi connectivity index (χ1) is 12.2. The van der Waals surface area contributed by atoms with Gasteiger partial charge in [0.25, 0.3) is 5.56 Å². The molecule has 0 amide bonds. The van der Waals surface area contributed by atoms with E-state index in [-0.39, 0.29) is 21.8 Å². The Hall–Kier alpha value is -2.65. The first kappa shape index (κ1) is 18.2. The van der Waals surface area contributed by atoms with Gasteiger partial charge in [-0.2, -0.15) is 0 Å². The van der Waals surface area contributed by atoms with Gasteiger partial charge in [-0.3, -0.25) is 24.6 Å². The number of benzene rings is 1. The summed E-state index contributed by atoms with van der Waals surface area (Å²) in [5.41, 5.74) is 4.31. The van der Waals surface area contributed by atoms with Gasteiger partial charge in [-0.05, 0) is 37.1 Å². The molecule has 0 radical (unpaired) electrons. The van der Waals surface area contributed by atoms with E-state index >= 15 is 0 Å². The van der Waals surface area contributed by atoms with E-state index in [4.69, 9.17) is 4.84 Å². The second-order valence-electron chi connectivity index (χ2n) is 6.16. The maximum Gasteiger partial charge on any atom is 0.277 e. The molecule has 2 heterocycles. The quantitative estimate of drug-likeness (QED) is 0.603. The fourth-order valence-electron chi connectivity index (χ4n) is 3.20. The first-order valence-corrected chi connectivity index (χ1v) is 9.50. The minimum Gasteiger partial charge on any atom is -0.302 e. The number of sulfone groups is 1. The highest BCUT2D eigenvalue weighted by molar-refractivity contribution is 7.91. The van der Waals surface area contributed by atoms with Crippen molar-refractivity contribution in [3.63, 3.8) is 0 Å². The molecule has 0 unspecified atom stereocenters. The molecule has 0 aliphatic carbocycles. The molecule has 3 rings (SSSR count). The van der Waals surface area contributed by atoms with Crippen molar-refractivity contribution < 1.29 is 18.0 Å². The molecule has 0 fully saturated rings. The van der Waals surface area contributed by atoms with E-state index in [9.17, 15) is 18.0 Å². The van der Waals surface area contributed by atoms with E-state index in [1.165, 1.54) is 37.2 Å². The number of hydroxylamine groups is 1. The van der Waals surface area contributed by atoms with Gasteiger partial charge in [0.15, 0.2) is 15.6 Å². The molecule has 9 heteroatoms. The van der Waals surface area contributed by atoms with Gasteiger partial charge in [0.2, 0.25) is 0 Å². The van der Waals surface area contributed by atoms with Crippen LogP contribution < -0.4 is 11.0 Å². The highest BCUT2D eigenvalue weighted by Gasteiger charge is 2.31. The van der Waals surface area contributed by atoms with Crippen LogP contribution in [0.1, 0.15) is 32.6 Å². The fourth-order valence-corrected chi connectivity index (χ4v) is 4.88. The predicted molar refractivity (Wildman–Crippen MR) is 95.6 cm³/mol. The predicted octanol–water partition coefficient (Wildman–Crippen LogP) is 0.840. The number of carbonyl (C=O) groups excluding carboxylic acids is 1. The van der Waals surface area contributed by atoms with Crippen LogP contribution in [0.4, 0.5) is 0 Å². The van der Waals surface area contributed by atoms with Crippen molar-refractivity contribution in [2.75, 3.05) is 12.9 Å². The third-order valence-corrected chi connectivity index (χ3v) is 6.20. The Kier molecular flexibility index (Phi) is 4.37. The van der Waals surface area contributed by atoms with Crippen molar-refractivity contribution in [3.05, 3.63) is 56.5 Å². The van der Waals surface area contributed by atoms with Crippen molar-refractivity contribution >= 4 is 21.3 Å². The molecule has 8 nitrogen and oxygen atoms in total. The molecule has 2 N–H and O–H groups in total. The summed E-state index contributed by atoms with van der Waals surface area (Å²) in [6, 6.07) is 1.52. The number of fused-ring (bicyclic) bond motifs is 1. The zero-order valence-electron chi connectivity index (χ0n) is 14.8. The Labute approximate surface area is 150 Å². The maximum atomic E-state index is 12.9. The summed E-state index contributed by atoms with van der Waals surface area (Å²) < 4.78 is 26.3. The van der Waals surface area contributed by atoms with Crippen LogP contribution in [0, 0.1) is 13.8 Å². The number of nitrogens with zero attached hydrogens (tertiary/aromatic N) is 1. The van der Waals surface area contributed by atoms with Crippen LogP contribution >= 0.6 is 0 Å². The number of nitrogens with one attached hydrogen (secondary N) is 2. The van der Waals surface area contributed by atoms with Crippen LogP contribution in [0.25, 0.3) is 5.70 Å². The Morgan fingerprint density at radius 2 is 2.00 bits per heavy atom. The summed E-state index contributed by atoms with van der Waals surface area (Å²) in [5.74, 6) is -0.618. The SMILES string of the molecule is CONC1=CCS(=O)(=O)c2c(C)cc(C(=O)c3c[nH]n(C)c3=O)c(C)c21. The van der Waals surface area contributed by atoms with Crippen LogP contribution in [-0.4, -0.2) is 36.8 Å². The molecule has 26 heavy (non-hydrogen) atoms. The van der Waals surface area contributed by atoms with Gasteiger partial charge in [0.05, 0.1) is 23.5 Å². The van der Waals surface area contributed by atoms with Crippen LogP contribution in [-0.2, 0) is 21.7 Å². The molecular weight excluding hydrogens is 358 g/mol. The molecule has 138 valence electrons. The van der Waals surface area contributed by atoms with Crippen LogP contribution in [0.5, 0.6) is 0 Å². The van der Waals surface area contributed by atoms with Crippen molar-refractivity contribution in [2.45, 2.75) is 18.7 Å². The molecular formula is C17H19N3O5S. The topological polar surface area (TPSA) is 110 Å². The van der Waals surface area contributed by atoms with Gasteiger partial charge >= 0.3 is 0 Å². The average Bonchev–Trinajstić information content (AvgIpc) is 2.91. The largest absolute Gasteiger partial charge is 0.302 e. The first-order valence-electron chi connectivity index (χ1n) is 7.84. The summed E-state index contributed by atoms with van der Waals surface area (Å²) in [6.07, 6.45) is 2.86. The third-order valence-electron chi connectivity index (χ3n) is 4.45. The molecule has 0 saturated heterocycles. The lowest BCUT2D eigenvalue weighted by Gasteiger charge is -2.24. The Morgan fingerprint density at radius 1 is 1.31 bits per heavy atom. The number of ketones is 1. The van der Waals surface area contributed by atoms with Gasteiger partial charge in [0, 0.05) is 24.4 Å². The highest BCUT2D eigenvalue weighted by Crippen LogP contribution is 2.35. The number of aryl methyl sites for hydroxylation is 2. The van der Waals surface area contributed by atoms with Gasteiger partial charge in [0.1, 0.15) is 5.56 Å². The number of rotatable bonds is 4. The number of aromatic amines is 1. The molecule has 0 spiro atoms. The normalized spacial score (nSPS) is 15.3. The molecule has 0 bridgehead atoms. The van der Waals surface area contributed by atoms with Crippen molar-refractivity contribution in [3.8, 4) is 0 Å². The summed E-state index contributed by atoms with van der Waals surface area (Å²) in [5, 5.41) is 2.67. The third kappa shape index (κ3) is 2.69. The average molecular weight is 377 g/mol. The number of carbonyl (C=O) groups is 1. The Morgan fingerprint density at radius 3 is 2.58 bits per heavy atom. The summed E-state index contributed by atoms with van der Waals surface area (Å²) >= 11 is 0. The smallest absolute Gasteiger partial charge is 0.277 e. The van der Waals surface area contributed by atoms with Crippen molar-refractivity contribution in [2.24, 2.45) is 7.05 Å². The van der Waals surface area contributed by atoms with Crippen LogP contribution in [0.15, 0.2) is 28.0 Å². The lowest BCUT2D eigenvalue weighted by molar-refractivity contribution is 0.103. The standard InChI is InChI=1S/C17H19N3O5S/c1-9-7-11(15(21)12-8-18-20(3)17(12)22)10(2)14-13(19-25-4)5-6-26(23,24)16(9)14/h5,7-8,18-19H,6H2,1-4H3. The van der Waals surface area contributed by atoms with Gasteiger partial charge in [-0.25, -0.2) is 8.42 Å². The minimum absolute atomic E-state index is 0.00107. The van der Waals surface area contributed by atoms with E-state index < -0.39 is 21.2 Å². The molecule has 0 saturated carbocycles. The van der Waals surface area contributed by atoms with Crippen molar-refractivity contribution in [1.82, 2.24) is 15.3 Å². The highest BCUT2D eigenvalue weighted by atomic mass is 32.2. The second kappa shape index (κ2) is 6.26. The monoisotopic (exact) mass is 377 g/mol. The number of aromatic nitrogens is 2. The molecule has 0 atom stereocenters. The van der Waals surface area contributed by atoms with Crippen molar-refractivity contribution in [1.29, 1.82) is 0 Å². The minimum atomic E-state index is -3.51. The fraction of sp³-hybridized carbons (Fsp3) is 0.294. The van der Waals surface area contributed by atoms with Crippen LogP contribution in [0.2, 0.25) is 0 Å². The second-order valence-corrected chi connectivity index (χ2v) is 8.13. The number of hydrogen-bond donors (Lipinski definition) is 2. The maximum absolute atomic E-state index is 12.9. The lowest BCUT2D eigenvalue weighted by Crippen LogP contribution is -2.24. The summed E-state index contributed by atoms with van der Waals surface area (Å²) in [4.78, 5) is 30.1. The molecule has 1 aliphatic heterocycles. The van der Waals surface area contributed by atoms with E-state index in [2.05, 4.69) is 10.6 Å². The zero-order chi connectivity index (χ0) is 19.2. The Balaban J connectivity index is 2.29. The molecule has 2 aromatic rings.